The number of hydrogen-bond acceptors (Lipinski definition) is 7. The molecule has 1 aliphatic heterocycles. The Bertz CT molecular complexity index is 678. The number of fused-ring (bicyclic) bond motifs is 1. The molecule has 0 saturated heterocycles. The highest BCUT2D eigenvalue weighted by Crippen LogP contribution is 2.33. The molecule has 0 atom stereocenters. The van der Waals surface area contributed by atoms with Crippen LogP contribution in [0.4, 0.5) is 17.5 Å². The van der Waals surface area contributed by atoms with Gasteiger partial charge in [-0.1, -0.05) is 0 Å². The van der Waals surface area contributed by atoms with E-state index in [1.807, 2.05) is 24.3 Å². The van der Waals surface area contributed by atoms with Gasteiger partial charge in [-0.25, -0.2) is 4.98 Å². The molecule has 2 heterocycles. The average molecular weight is 329 g/mol. The molecule has 0 saturated carbocycles. The molecule has 1 aliphatic rings. The van der Waals surface area contributed by atoms with Crippen molar-refractivity contribution in [3.8, 4) is 11.5 Å². The monoisotopic (exact) mass is 329 g/mol. The highest BCUT2D eigenvalue weighted by molar-refractivity contribution is 5.60. The fraction of sp³-hybridized carbons (Fsp3) is 0.412. The van der Waals surface area contributed by atoms with Gasteiger partial charge < -0.3 is 25.0 Å². The standard InChI is InChI=1S/C17H23N5O2/c1-22(2)9-3-7-18-16-6-8-19-17(21-16)20-13-4-5-14-15(12-13)24-11-10-23-14/h4-6,8,12H,3,7,9-11H2,1-2H3,(H2,18,19,20,21). The highest BCUT2D eigenvalue weighted by atomic mass is 16.6. The normalized spacial score (nSPS) is 13.0. The number of ether oxygens (including phenoxy) is 2. The van der Waals surface area contributed by atoms with Gasteiger partial charge in [0, 0.05) is 24.5 Å². The van der Waals surface area contributed by atoms with E-state index >= 15 is 0 Å². The van der Waals surface area contributed by atoms with E-state index in [0.29, 0.717) is 19.2 Å². The fourth-order valence-electron chi connectivity index (χ4n) is 2.38. The Hall–Kier alpha value is -2.54. The van der Waals surface area contributed by atoms with Crippen LogP contribution in [-0.4, -0.2) is 55.3 Å². The quantitative estimate of drug-likeness (QED) is 0.756. The summed E-state index contributed by atoms with van der Waals surface area (Å²) in [6.45, 7) is 3.07. The molecule has 7 nitrogen and oxygen atoms in total. The van der Waals surface area contributed by atoms with E-state index in [-0.39, 0.29) is 0 Å². The Balaban J connectivity index is 1.60. The first-order chi connectivity index (χ1) is 11.7. The van der Waals surface area contributed by atoms with Gasteiger partial charge in [0.05, 0.1) is 0 Å². The van der Waals surface area contributed by atoms with Crippen LogP contribution in [-0.2, 0) is 0 Å². The number of anilines is 3. The number of aromatic nitrogens is 2. The van der Waals surface area contributed by atoms with E-state index in [2.05, 4.69) is 39.6 Å². The minimum Gasteiger partial charge on any atom is -0.486 e. The number of benzene rings is 1. The first-order valence-corrected chi connectivity index (χ1v) is 8.09. The minimum absolute atomic E-state index is 0.546. The SMILES string of the molecule is CN(C)CCCNc1ccnc(Nc2ccc3c(c2)OCCO3)n1. The fourth-order valence-corrected chi connectivity index (χ4v) is 2.38. The van der Waals surface area contributed by atoms with Crippen molar-refractivity contribution < 1.29 is 9.47 Å². The second kappa shape index (κ2) is 7.83. The van der Waals surface area contributed by atoms with Gasteiger partial charge in [0.1, 0.15) is 19.0 Å². The Labute approximate surface area is 142 Å². The number of hydrogen-bond donors (Lipinski definition) is 2. The lowest BCUT2D eigenvalue weighted by atomic mass is 10.2. The van der Waals surface area contributed by atoms with E-state index < -0.39 is 0 Å². The van der Waals surface area contributed by atoms with Crippen molar-refractivity contribution in [3.63, 3.8) is 0 Å². The molecule has 24 heavy (non-hydrogen) atoms. The molecule has 2 N–H and O–H groups in total. The molecule has 128 valence electrons. The lowest BCUT2D eigenvalue weighted by Gasteiger charge is -2.19. The van der Waals surface area contributed by atoms with Gasteiger partial charge >= 0.3 is 0 Å². The lowest BCUT2D eigenvalue weighted by Crippen LogP contribution is -2.16. The summed E-state index contributed by atoms with van der Waals surface area (Å²) in [6.07, 6.45) is 2.80. The van der Waals surface area contributed by atoms with Crippen LogP contribution in [0.15, 0.2) is 30.5 Å². The molecular weight excluding hydrogens is 306 g/mol. The predicted molar refractivity (Wildman–Crippen MR) is 94.4 cm³/mol. The summed E-state index contributed by atoms with van der Waals surface area (Å²) < 4.78 is 11.1. The summed E-state index contributed by atoms with van der Waals surface area (Å²) in [5.74, 6) is 2.86. The maximum absolute atomic E-state index is 5.59. The van der Waals surface area contributed by atoms with Crippen molar-refractivity contribution in [1.29, 1.82) is 0 Å². The smallest absolute Gasteiger partial charge is 0.229 e. The zero-order chi connectivity index (χ0) is 16.8. The van der Waals surface area contributed by atoms with Gasteiger partial charge in [-0.05, 0) is 45.3 Å². The van der Waals surface area contributed by atoms with Gasteiger partial charge in [0.25, 0.3) is 0 Å². The van der Waals surface area contributed by atoms with Gasteiger partial charge in [0.2, 0.25) is 5.95 Å². The topological polar surface area (TPSA) is 71.5 Å². The number of nitrogens with zero attached hydrogens (tertiary/aromatic N) is 3. The van der Waals surface area contributed by atoms with Crippen LogP contribution in [0.1, 0.15) is 6.42 Å². The summed E-state index contributed by atoms with van der Waals surface area (Å²) >= 11 is 0. The Morgan fingerprint density at radius 1 is 1.12 bits per heavy atom. The summed E-state index contributed by atoms with van der Waals surface area (Å²) in [5, 5.41) is 6.51. The molecule has 0 bridgehead atoms. The zero-order valence-electron chi connectivity index (χ0n) is 14.1. The average Bonchev–Trinajstić information content (AvgIpc) is 2.59. The van der Waals surface area contributed by atoms with Crippen LogP contribution < -0.4 is 20.1 Å². The molecule has 3 rings (SSSR count). The van der Waals surface area contributed by atoms with Crippen LogP contribution >= 0.6 is 0 Å². The number of nitrogens with one attached hydrogen (secondary N) is 2. The second-order valence-electron chi connectivity index (χ2n) is 5.83. The van der Waals surface area contributed by atoms with Crippen molar-refractivity contribution in [2.75, 3.05) is 51.0 Å². The molecule has 0 spiro atoms. The molecule has 0 unspecified atom stereocenters. The van der Waals surface area contributed by atoms with Crippen molar-refractivity contribution in [2.45, 2.75) is 6.42 Å². The maximum atomic E-state index is 5.59. The second-order valence-corrected chi connectivity index (χ2v) is 5.83. The van der Waals surface area contributed by atoms with Crippen LogP contribution in [0.3, 0.4) is 0 Å². The summed E-state index contributed by atoms with van der Waals surface area (Å²) in [7, 11) is 4.14. The van der Waals surface area contributed by atoms with Gasteiger partial charge in [-0.3, -0.25) is 0 Å². The lowest BCUT2D eigenvalue weighted by molar-refractivity contribution is 0.171. The maximum Gasteiger partial charge on any atom is 0.229 e. The Morgan fingerprint density at radius 2 is 1.96 bits per heavy atom. The summed E-state index contributed by atoms with van der Waals surface area (Å²) in [5.41, 5.74) is 0.865. The van der Waals surface area contributed by atoms with E-state index in [1.54, 1.807) is 6.20 Å². The third-order valence-corrected chi connectivity index (χ3v) is 3.54. The molecular formula is C17H23N5O2. The highest BCUT2D eigenvalue weighted by Gasteiger charge is 2.12. The Morgan fingerprint density at radius 3 is 2.79 bits per heavy atom. The van der Waals surface area contributed by atoms with Gasteiger partial charge in [-0.15, -0.1) is 0 Å². The molecule has 1 aromatic carbocycles. The third kappa shape index (κ3) is 4.48. The van der Waals surface area contributed by atoms with E-state index in [9.17, 15) is 0 Å². The zero-order valence-corrected chi connectivity index (χ0v) is 14.1. The molecule has 2 aromatic rings. The molecule has 7 heteroatoms. The molecule has 0 amide bonds. The van der Waals surface area contributed by atoms with Gasteiger partial charge in [0.15, 0.2) is 11.5 Å². The van der Waals surface area contributed by atoms with Crippen molar-refractivity contribution >= 4 is 17.5 Å². The minimum atomic E-state index is 0.546. The van der Waals surface area contributed by atoms with Crippen LogP contribution in [0.5, 0.6) is 11.5 Å². The van der Waals surface area contributed by atoms with Crippen molar-refractivity contribution in [2.24, 2.45) is 0 Å². The van der Waals surface area contributed by atoms with Crippen LogP contribution in [0.25, 0.3) is 0 Å². The Kier molecular flexibility index (Phi) is 5.32. The largest absolute Gasteiger partial charge is 0.486 e. The summed E-state index contributed by atoms with van der Waals surface area (Å²) in [4.78, 5) is 10.9. The predicted octanol–water partition coefficient (Wildman–Crippen LogP) is 2.36. The van der Waals surface area contributed by atoms with Crippen LogP contribution in [0.2, 0.25) is 0 Å². The number of rotatable bonds is 7. The molecule has 0 radical (unpaired) electrons. The van der Waals surface area contributed by atoms with E-state index in [4.69, 9.17) is 9.47 Å². The molecule has 0 fully saturated rings. The van der Waals surface area contributed by atoms with Crippen LogP contribution in [0, 0.1) is 0 Å². The summed E-state index contributed by atoms with van der Waals surface area (Å²) in [6, 6.07) is 7.58. The molecule has 0 aliphatic carbocycles. The first kappa shape index (κ1) is 16.3. The molecule has 1 aromatic heterocycles. The van der Waals surface area contributed by atoms with Gasteiger partial charge in [-0.2, -0.15) is 4.98 Å². The van der Waals surface area contributed by atoms with Crippen molar-refractivity contribution in [3.05, 3.63) is 30.5 Å². The van der Waals surface area contributed by atoms with E-state index in [1.165, 1.54) is 0 Å². The van der Waals surface area contributed by atoms with E-state index in [0.717, 1.165) is 42.5 Å². The first-order valence-electron chi connectivity index (χ1n) is 8.09. The van der Waals surface area contributed by atoms with Crippen molar-refractivity contribution in [1.82, 2.24) is 14.9 Å². The third-order valence-electron chi connectivity index (χ3n) is 3.54.